The second kappa shape index (κ2) is 8.20. The van der Waals surface area contributed by atoms with Crippen molar-refractivity contribution in [3.05, 3.63) is 65.1 Å². The lowest BCUT2D eigenvalue weighted by Gasteiger charge is -2.32. The van der Waals surface area contributed by atoms with Crippen molar-refractivity contribution in [1.29, 1.82) is 0 Å². The maximum absolute atomic E-state index is 14.6. The fraction of sp³-hybridized carbons (Fsp3) is 0.364. The molecule has 2 N–H and O–H groups in total. The van der Waals surface area contributed by atoms with Gasteiger partial charge in [-0.1, -0.05) is 24.3 Å². The van der Waals surface area contributed by atoms with Crippen LogP contribution < -0.4 is 5.32 Å². The molecule has 5 nitrogen and oxygen atoms in total. The van der Waals surface area contributed by atoms with Crippen molar-refractivity contribution < 1.29 is 23.0 Å². The molecule has 1 fully saturated rings. The van der Waals surface area contributed by atoms with Crippen LogP contribution in [-0.2, 0) is 10.3 Å². The van der Waals surface area contributed by atoms with E-state index < -0.39 is 29.4 Å². The van der Waals surface area contributed by atoms with Crippen molar-refractivity contribution in [3.8, 4) is 0 Å². The molecule has 2 heterocycles. The van der Waals surface area contributed by atoms with Crippen molar-refractivity contribution in [3.63, 3.8) is 0 Å². The molecule has 0 amide bonds. The number of aromatic nitrogens is 2. The first-order valence-electron chi connectivity index (χ1n) is 9.78. The molecule has 3 aromatic rings. The second-order valence-corrected chi connectivity index (χ2v) is 7.55. The van der Waals surface area contributed by atoms with Crippen LogP contribution in [0.5, 0.6) is 0 Å². The molecule has 1 aliphatic rings. The summed E-state index contributed by atoms with van der Waals surface area (Å²) < 4.78 is 46.0. The zero-order valence-electron chi connectivity index (χ0n) is 16.4. The molecule has 8 heteroatoms. The van der Waals surface area contributed by atoms with E-state index in [4.69, 9.17) is 4.74 Å². The molecular weight excluding hydrogens is 395 g/mol. The largest absolute Gasteiger partial charge is 0.385 e. The summed E-state index contributed by atoms with van der Waals surface area (Å²) in [5.41, 5.74) is 0.448. The molecule has 0 spiro atoms. The monoisotopic (exact) mass is 417 g/mol. The fourth-order valence-corrected chi connectivity index (χ4v) is 3.84. The SMILES string of the molecule is C[C@@H](Nc1cnnc2ccc(C3(O)CCOCC3)cc12)c1cccc(C(F)F)c1F. The number of aliphatic hydroxyl groups is 1. The van der Waals surface area contributed by atoms with Gasteiger partial charge in [-0.15, -0.1) is 0 Å². The number of nitrogens with one attached hydrogen (secondary N) is 1. The molecule has 1 atom stereocenters. The minimum absolute atomic E-state index is 0.136. The quantitative estimate of drug-likeness (QED) is 0.620. The van der Waals surface area contributed by atoms with Gasteiger partial charge in [-0.2, -0.15) is 10.2 Å². The molecule has 1 saturated heterocycles. The Morgan fingerprint density at radius 2 is 1.87 bits per heavy atom. The van der Waals surface area contributed by atoms with E-state index in [0.717, 1.165) is 11.6 Å². The van der Waals surface area contributed by atoms with Crippen molar-refractivity contribution in [2.24, 2.45) is 0 Å². The molecule has 4 rings (SSSR count). The zero-order chi connectivity index (χ0) is 21.3. The lowest BCUT2D eigenvalue weighted by atomic mass is 9.86. The average molecular weight is 417 g/mol. The molecule has 0 unspecified atom stereocenters. The Labute approximate surface area is 171 Å². The van der Waals surface area contributed by atoms with Crippen LogP contribution in [0, 0.1) is 5.82 Å². The van der Waals surface area contributed by atoms with Crippen LogP contribution >= 0.6 is 0 Å². The first kappa shape index (κ1) is 20.6. The van der Waals surface area contributed by atoms with E-state index in [2.05, 4.69) is 15.5 Å². The van der Waals surface area contributed by atoms with Gasteiger partial charge in [0.15, 0.2) is 0 Å². The van der Waals surface area contributed by atoms with E-state index in [-0.39, 0.29) is 5.56 Å². The molecule has 158 valence electrons. The normalized spacial score (nSPS) is 17.3. The lowest BCUT2D eigenvalue weighted by molar-refractivity contribution is -0.0678. The summed E-state index contributed by atoms with van der Waals surface area (Å²) in [6.45, 7) is 2.64. The number of benzene rings is 2. The number of rotatable bonds is 5. The summed E-state index contributed by atoms with van der Waals surface area (Å²) in [5.74, 6) is -0.920. The summed E-state index contributed by atoms with van der Waals surface area (Å²) in [5, 5.41) is 23.0. The van der Waals surface area contributed by atoms with E-state index in [0.29, 0.717) is 42.6 Å². The van der Waals surface area contributed by atoms with Crippen LogP contribution in [0.1, 0.15) is 48.9 Å². The van der Waals surface area contributed by atoms with Gasteiger partial charge in [0.05, 0.1) is 34.6 Å². The number of hydrogen-bond donors (Lipinski definition) is 2. The Balaban J connectivity index is 1.69. The number of hydrogen-bond acceptors (Lipinski definition) is 5. The van der Waals surface area contributed by atoms with Crippen molar-refractivity contribution >= 4 is 16.6 Å². The van der Waals surface area contributed by atoms with E-state index in [1.54, 1.807) is 13.0 Å². The summed E-state index contributed by atoms with van der Waals surface area (Å²) in [4.78, 5) is 0. The van der Waals surface area contributed by atoms with Gasteiger partial charge in [-0.25, -0.2) is 13.2 Å². The Kier molecular flexibility index (Phi) is 5.62. The smallest absolute Gasteiger partial charge is 0.266 e. The number of halogens is 3. The molecule has 2 aromatic carbocycles. The standard InChI is InChI=1S/C22H22F3N3O2/c1-13(15-3-2-4-16(20(15)23)21(24)25)27-19-12-26-28-18-6-5-14(11-17(18)19)22(29)7-9-30-10-8-22/h2-6,11-13,21,29H,7-10H2,1H3,(H,27,28)/t13-/m1/s1. The van der Waals surface area contributed by atoms with E-state index in [1.807, 2.05) is 12.1 Å². The molecule has 0 radical (unpaired) electrons. The van der Waals surface area contributed by atoms with Crippen LogP contribution in [-0.4, -0.2) is 28.5 Å². The van der Waals surface area contributed by atoms with Crippen LogP contribution in [0.4, 0.5) is 18.9 Å². The fourth-order valence-electron chi connectivity index (χ4n) is 3.84. The van der Waals surface area contributed by atoms with Gasteiger partial charge in [-0.05, 0) is 24.6 Å². The van der Waals surface area contributed by atoms with Gasteiger partial charge < -0.3 is 15.2 Å². The number of nitrogens with zero attached hydrogens (tertiary/aromatic N) is 2. The maximum atomic E-state index is 14.6. The first-order chi connectivity index (χ1) is 14.4. The van der Waals surface area contributed by atoms with E-state index in [1.165, 1.54) is 18.3 Å². The van der Waals surface area contributed by atoms with Crippen LogP contribution in [0.2, 0.25) is 0 Å². The lowest BCUT2D eigenvalue weighted by Crippen LogP contribution is -2.33. The highest BCUT2D eigenvalue weighted by molar-refractivity contribution is 5.91. The maximum Gasteiger partial charge on any atom is 0.266 e. The summed E-state index contributed by atoms with van der Waals surface area (Å²) in [6.07, 6.45) is -0.404. The molecule has 0 bridgehead atoms. The van der Waals surface area contributed by atoms with Gasteiger partial charge in [0.25, 0.3) is 6.43 Å². The average Bonchev–Trinajstić information content (AvgIpc) is 2.74. The van der Waals surface area contributed by atoms with Crippen LogP contribution in [0.3, 0.4) is 0 Å². The van der Waals surface area contributed by atoms with Gasteiger partial charge in [0.1, 0.15) is 5.82 Å². The number of alkyl halides is 2. The van der Waals surface area contributed by atoms with Gasteiger partial charge in [-0.3, -0.25) is 0 Å². The van der Waals surface area contributed by atoms with Crippen molar-refractivity contribution in [2.75, 3.05) is 18.5 Å². The third kappa shape index (κ3) is 3.85. The van der Waals surface area contributed by atoms with Gasteiger partial charge >= 0.3 is 0 Å². The Morgan fingerprint density at radius 1 is 1.13 bits per heavy atom. The predicted molar refractivity (Wildman–Crippen MR) is 107 cm³/mol. The number of anilines is 1. The number of ether oxygens (including phenoxy) is 1. The molecule has 0 aliphatic carbocycles. The van der Waals surface area contributed by atoms with E-state index >= 15 is 0 Å². The second-order valence-electron chi connectivity index (χ2n) is 7.55. The summed E-state index contributed by atoms with van der Waals surface area (Å²) in [6, 6.07) is 8.83. The summed E-state index contributed by atoms with van der Waals surface area (Å²) in [7, 11) is 0. The highest BCUT2D eigenvalue weighted by atomic mass is 19.3. The minimum Gasteiger partial charge on any atom is -0.385 e. The minimum atomic E-state index is -2.89. The topological polar surface area (TPSA) is 67.3 Å². The highest BCUT2D eigenvalue weighted by Gasteiger charge is 2.32. The van der Waals surface area contributed by atoms with E-state index in [9.17, 15) is 18.3 Å². The van der Waals surface area contributed by atoms with Crippen molar-refractivity contribution in [2.45, 2.75) is 37.8 Å². The molecule has 1 aromatic heterocycles. The Hall–Kier alpha value is -2.71. The number of fused-ring (bicyclic) bond motifs is 1. The first-order valence-corrected chi connectivity index (χ1v) is 9.78. The van der Waals surface area contributed by atoms with Crippen LogP contribution in [0.15, 0.2) is 42.6 Å². The Morgan fingerprint density at radius 3 is 2.60 bits per heavy atom. The van der Waals surface area contributed by atoms with Gasteiger partial charge in [0, 0.05) is 37.0 Å². The van der Waals surface area contributed by atoms with Gasteiger partial charge in [0.2, 0.25) is 0 Å². The highest BCUT2D eigenvalue weighted by Crippen LogP contribution is 2.35. The molecular formula is C22H22F3N3O2. The summed E-state index contributed by atoms with van der Waals surface area (Å²) >= 11 is 0. The van der Waals surface area contributed by atoms with Crippen molar-refractivity contribution in [1.82, 2.24) is 10.2 Å². The Bertz CT molecular complexity index is 1050. The zero-order valence-corrected chi connectivity index (χ0v) is 16.4. The molecule has 0 saturated carbocycles. The molecule has 1 aliphatic heterocycles. The third-order valence-corrected chi connectivity index (χ3v) is 5.63. The predicted octanol–water partition coefficient (Wildman–Crippen LogP) is 4.88. The van der Waals surface area contributed by atoms with Crippen LogP contribution in [0.25, 0.3) is 10.9 Å². The molecule has 30 heavy (non-hydrogen) atoms. The third-order valence-electron chi connectivity index (χ3n) is 5.63.